The van der Waals surface area contributed by atoms with Crippen LogP contribution in [0.15, 0.2) is 24.3 Å². The highest BCUT2D eigenvalue weighted by Gasteiger charge is 2.40. The standard InChI is InChI=1S/C30H43NO7/c1-34-25-20-23-21-26(28(25)35-2)37-19-11-17-36-16-9-4-10-18-38-30(33)24-14-7-8-15-31(24)29(32)27(23)22-12-5-3-6-13-22/h4,9,20-22,24,27H,3,5-8,10-19H2,1-2H3/b9-4+/t24-,27-/m0/s1. The molecule has 38 heavy (non-hydrogen) atoms. The Hall–Kier alpha value is -2.74. The zero-order valence-corrected chi connectivity index (χ0v) is 23.0. The van der Waals surface area contributed by atoms with Gasteiger partial charge in [0, 0.05) is 13.0 Å². The number of amides is 1. The van der Waals surface area contributed by atoms with Gasteiger partial charge >= 0.3 is 5.97 Å². The average Bonchev–Trinajstić information content (AvgIpc) is 2.95. The Kier molecular flexibility index (Phi) is 10.7. The lowest BCUT2D eigenvalue weighted by Crippen LogP contribution is -2.51. The summed E-state index contributed by atoms with van der Waals surface area (Å²) in [6.45, 7) is 2.36. The van der Waals surface area contributed by atoms with Crippen molar-refractivity contribution in [3.63, 3.8) is 0 Å². The number of hydrogen-bond donors (Lipinski definition) is 0. The summed E-state index contributed by atoms with van der Waals surface area (Å²) in [6.07, 6.45) is 13.0. The summed E-state index contributed by atoms with van der Waals surface area (Å²) in [7, 11) is 3.19. The van der Waals surface area contributed by atoms with E-state index in [1.165, 1.54) is 6.42 Å². The molecule has 0 aromatic heterocycles. The first-order chi connectivity index (χ1) is 18.6. The third-order valence-electron chi connectivity index (χ3n) is 7.87. The summed E-state index contributed by atoms with van der Waals surface area (Å²) in [4.78, 5) is 29.3. The Labute approximate surface area is 226 Å². The largest absolute Gasteiger partial charge is 0.493 e. The molecule has 1 aromatic carbocycles. The van der Waals surface area contributed by atoms with Crippen molar-refractivity contribution in [3.05, 3.63) is 29.8 Å². The van der Waals surface area contributed by atoms with E-state index in [2.05, 4.69) is 0 Å². The second kappa shape index (κ2) is 14.4. The Balaban J connectivity index is 1.73. The first kappa shape index (κ1) is 28.3. The number of ether oxygens (including phenoxy) is 5. The summed E-state index contributed by atoms with van der Waals surface area (Å²) in [6, 6.07) is 3.30. The lowest BCUT2D eigenvalue weighted by Gasteiger charge is -2.39. The molecule has 2 atom stereocenters. The molecule has 0 unspecified atom stereocenters. The molecule has 4 rings (SSSR count). The van der Waals surface area contributed by atoms with Crippen LogP contribution in [0.1, 0.15) is 75.7 Å². The summed E-state index contributed by atoms with van der Waals surface area (Å²) < 4.78 is 28.8. The molecule has 1 amide bonds. The monoisotopic (exact) mass is 529 g/mol. The molecule has 2 fully saturated rings. The number of fused-ring (bicyclic) bond motifs is 3. The first-order valence-corrected chi connectivity index (χ1v) is 14.2. The number of hydrogen-bond acceptors (Lipinski definition) is 7. The minimum atomic E-state index is -0.549. The molecular formula is C30H43NO7. The maximum Gasteiger partial charge on any atom is 0.328 e. The van der Waals surface area contributed by atoms with Gasteiger partial charge in [-0.15, -0.1) is 0 Å². The van der Waals surface area contributed by atoms with Gasteiger partial charge < -0.3 is 28.6 Å². The van der Waals surface area contributed by atoms with Crippen LogP contribution >= 0.6 is 0 Å². The number of rotatable bonds is 3. The van der Waals surface area contributed by atoms with Gasteiger partial charge in [-0.25, -0.2) is 4.79 Å². The summed E-state index contributed by atoms with van der Waals surface area (Å²) in [5.74, 6) is 1.11. The number of nitrogens with zero attached hydrogens (tertiary/aromatic N) is 1. The van der Waals surface area contributed by atoms with Crippen LogP contribution in [-0.4, -0.2) is 70.0 Å². The van der Waals surface area contributed by atoms with Gasteiger partial charge in [-0.2, -0.15) is 0 Å². The van der Waals surface area contributed by atoms with Crippen LogP contribution in [0.2, 0.25) is 0 Å². The number of carbonyl (C=O) groups excluding carboxylic acids is 2. The van der Waals surface area contributed by atoms with E-state index in [0.717, 1.165) is 44.1 Å². The van der Waals surface area contributed by atoms with E-state index in [1.807, 2.05) is 24.3 Å². The second-order valence-corrected chi connectivity index (χ2v) is 10.4. The molecular weight excluding hydrogens is 486 g/mol. The lowest BCUT2D eigenvalue weighted by molar-refractivity contribution is -0.158. The SMILES string of the molecule is COc1cc2cc(c1OC)OCCCOC/C=C/CCOC(=O)[C@@H]1CCCCN1C(=O)[C@H]2C1CCCCC1. The number of cyclic esters (lactones) is 1. The van der Waals surface area contributed by atoms with E-state index >= 15 is 0 Å². The molecule has 2 heterocycles. The summed E-state index contributed by atoms with van der Waals surface area (Å²) in [5, 5.41) is 0. The van der Waals surface area contributed by atoms with Crippen LogP contribution in [-0.2, 0) is 19.1 Å². The molecule has 8 nitrogen and oxygen atoms in total. The fourth-order valence-corrected chi connectivity index (χ4v) is 5.94. The zero-order valence-electron chi connectivity index (χ0n) is 23.0. The Morgan fingerprint density at radius 1 is 0.842 bits per heavy atom. The minimum Gasteiger partial charge on any atom is -0.493 e. The molecule has 2 bridgehead atoms. The third-order valence-corrected chi connectivity index (χ3v) is 7.87. The van der Waals surface area contributed by atoms with Gasteiger partial charge in [-0.1, -0.05) is 31.4 Å². The molecule has 8 heteroatoms. The molecule has 210 valence electrons. The van der Waals surface area contributed by atoms with Crippen LogP contribution in [0, 0.1) is 5.92 Å². The van der Waals surface area contributed by atoms with Crippen LogP contribution in [0.3, 0.4) is 0 Å². The first-order valence-electron chi connectivity index (χ1n) is 14.2. The molecule has 2 aliphatic heterocycles. The van der Waals surface area contributed by atoms with Crippen molar-refractivity contribution < 1.29 is 33.3 Å². The minimum absolute atomic E-state index is 0.00271. The Morgan fingerprint density at radius 2 is 1.66 bits per heavy atom. The molecule has 0 radical (unpaired) electrons. The van der Waals surface area contributed by atoms with Gasteiger partial charge in [0.05, 0.1) is 46.6 Å². The normalized spacial score (nSPS) is 25.6. The number of benzene rings is 1. The smallest absolute Gasteiger partial charge is 0.328 e. The van der Waals surface area contributed by atoms with Crippen molar-refractivity contribution in [2.75, 3.05) is 47.2 Å². The van der Waals surface area contributed by atoms with E-state index in [1.54, 1.807) is 19.1 Å². The van der Waals surface area contributed by atoms with Crippen LogP contribution in [0.25, 0.3) is 0 Å². The van der Waals surface area contributed by atoms with Gasteiger partial charge in [0.15, 0.2) is 11.5 Å². The van der Waals surface area contributed by atoms with Crippen molar-refractivity contribution in [2.24, 2.45) is 5.92 Å². The maximum absolute atomic E-state index is 14.4. The van der Waals surface area contributed by atoms with Crippen molar-refractivity contribution in [2.45, 2.75) is 76.2 Å². The summed E-state index contributed by atoms with van der Waals surface area (Å²) >= 11 is 0. The van der Waals surface area contributed by atoms with Gasteiger partial charge in [0.25, 0.3) is 0 Å². The quantitative estimate of drug-likeness (QED) is 0.401. The number of carbonyl (C=O) groups is 2. The number of methoxy groups -OCH3 is 2. The van der Waals surface area contributed by atoms with E-state index < -0.39 is 6.04 Å². The van der Waals surface area contributed by atoms with Gasteiger partial charge in [0.1, 0.15) is 6.04 Å². The molecule has 1 saturated carbocycles. The average molecular weight is 530 g/mol. The van der Waals surface area contributed by atoms with Crippen molar-refractivity contribution in [3.8, 4) is 17.2 Å². The second-order valence-electron chi connectivity index (χ2n) is 10.4. The van der Waals surface area contributed by atoms with E-state index in [0.29, 0.717) is 69.5 Å². The van der Waals surface area contributed by atoms with Crippen LogP contribution < -0.4 is 14.2 Å². The van der Waals surface area contributed by atoms with E-state index in [4.69, 9.17) is 23.7 Å². The van der Waals surface area contributed by atoms with Crippen molar-refractivity contribution >= 4 is 11.9 Å². The van der Waals surface area contributed by atoms with E-state index in [-0.39, 0.29) is 23.7 Å². The predicted octanol–water partition coefficient (Wildman–Crippen LogP) is 5.04. The third kappa shape index (κ3) is 7.01. The molecule has 1 aliphatic carbocycles. The van der Waals surface area contributed by atoms with Gasteiger partial charge in [0.2, 0.25) is 11.7 Å². The fraction of sp³-hybridized carbons (Fsp3) is 0.667. The van der Waals surface area contributed by atoms with Crippen LogP contribution in [0.4, 0.5) is 0 Å². The molecule has 1 saturated heterocycles. The highest BCUT2D eigenvalue weighted by Crippen LogP contribution is 2.45. The maximum atomic E-state index is 14.4. The summed E-state index contributed by atoms with van der Waals surface area (Å²) in [5.41, 5.74) is 0.852. The van der Waals surface area contributed by atoms with Crippen molar-refractivity contribution in [1.29, 1.82) is 0 Å². The van der Waals surface area contributed by atoms with Gasteiger partial charge in [-0.3, -0.25) is 4.79 Å². The van der Waals surface area contributed by atoms with E-state index in [9.17, 15) is 9.59 Å². The van der Waals surface area contributed by atoms with Crippen molar-refractivity contribution in [1.82, 2.24) is 4.90 Å². The van der Waals surface area contributed by atoms with Gasteiger partial charge in [-0.05, 0) is 62.1 Å². The molecule has 0 N–H and O–H groups in total. The molecule has 0 spiro atoms. The zero-order chi connectivity index (χ0) is 26.7. The number of esters is 1. The topological polar surface area (TPSA) is 83.5 Å². The highest BCUT2D eigenvalue weighted by atomic mass is 16.5. The lowest BCUT2D eigenvalue weighted by atomic mass is 9.75. The highest BCUT2D eigenvalue weighted by molar-refractivity contribution is 5.89. The predicted molar refractivity (Wildman–Crippen MR) is 144 cm³/mol. The molecule has 1 aromatic rings. The Bertz CT molecular complexity index is 956. The Morgan fingerprint density at radius 3 is 2.45 bits per heavy atom. The molecule has 3 aliphatic rings. The number of piperidine rings is 1. The fourth-order valence-electron chi connectivity index (χ4n) is 5.94. The van der Waals surface area contributed by atoms with Crippen LogP contribution in [0.5, 0.6) is 17.2 Å².